The number of amides is 1. The Morgan fingerprint density at radius 3 is 2.88 bits per heavy atom. The van der Waals surface area contributed by atoms with Gasteiger partial charge in [0.1, 0.15) is 0 Å². The van der Waals surface area contributed by atoms with E-state index in [0.717, 1.165) is 17.1 Å². The molecular formula is C18H20N4O2S2. The number of carbonyl (C=O) groups excluding carboxylic acids is 1. The maximum atomic E-state index is 12.0. The molecule has 3 rings (SSSR count). The number of thioether (sulfide) groups is 1. The van der Waals surface area contributed by atoms with Crippen LogP contribution in [-0.4, -0.2) is 33.4 Å². The Bertz CT molecular complexity index is 875. The number of carbonyl (C=O) groups is 1. The molecule has 0 saturated carbocycles. The Hall–Kier alpha value is -2.19. The molecule has 1 aromatic carbocycles. The van der Waals surface area contributed by atoms with Crippen LogP contribution in [0, 0.1) is 13.8 Å². The molecule has 1 amide bonds. The normalized spacial score (nSPS) is 10.8. The Kier molecular flexibility index (Phi) is 6.40. The summed E-state index contributed by atoms with van der Waals surface area (Å²) in [7, 11) is 0. The molecule has 2 aromatic heterocycles. The zero-order chi connectivity index (χ0) is 18.4. The number of hydrogen-bond donors (Lipinski definition) is 1. The third-order valence-electron chi connectivity index (χ3n) is 3.75. The van der Waals surface area contributed by atoms with Crippen LogP contribution in [0.3, 0.4) is 0 Å². The van der Waals surface area contributed by atoms with Gasteiger partial charge in [-0.25, -0.2) is 4.98 Å². The number of benzene rings is 1. The van der Waals surface area contributed by atoms with Gasteiger partial charge in [0, 0.05) is 11.9 Å². The molecule has 3 aromatic rings. The fraction of sp³-hybridized carbons (Fsp3) is 0.333. The zero-order valence-corrected chi connectivity index (χ0v) is 16.3. The van der Waals surface area contributed by atoms with Crippen molar-refractivity contribution >= 4 is 29.0 Å². The maximum absolute atomic E-state index is 12.0. The van der Waals surface area contributed by atoms with Crippen LogP contribution in [0.5, 0.6) is 0 Å². The topological polar surface area (TPSA) is 80.9 Å². The van der Waals surface area contributed by atoms with Crippen LogP contribution in [0.1, 0.15) is 27.7 Å². The summed E-state index contributed by atoms with van der Waals surface area (Å²) in [5, 5.41) is 14.3. The van der Waals surface area contributed by atoms with Gasteiger partial charge < -0.3 is 9.73 Å². The second kappa shape index (κ2) is 8.95. The third-order valence-corrected chi connectivity index (χ3v) is 5.39. The van der Waals surface area contributed by atoms with Gasteiger partial charge in [0.2, 0.25) is 11.8 Å². The monoisotopic (exact) mass is 388 g/mol. The van der Waals surface area contributed by atoms with E-state index in [1.165, 1.54) is 22.9 Å². The molecule has 26 heavy (non-hydrogen) atoms. The van der Waals surface area contributed by atoms with Gasteiger partial charge >= 0.3 is 0 Å². The summed E-state index contributed by atoms with van der Waals surface area (Å²) in [6.45, 7) is 4.65. The molecule has 0 aliphatic carbocycles. The molecule has 0 spiro atoms. The highest BCUT2D eigenvalue weighted by atomic mass is 32.2. The van der Waals surface area contributed by atoms with Crippen molar-refractivity contribution in [2.75, 3.05) is 12.3 Å². The molecule has 0 radical (unpaired) electrons. The Morgan fingerprint density at radius 1 is 1.27 bits per heavy atom. The maximum Gasteiger partial charge on any atom is 0.277 e. The summed E-state index contributed by atoms with van der Waals surface area (Å²) in [4.78, 5) is 16.3. The van der Waals surface area contributed by atoms with Gasteiger partial charge in [0.15, 0.2) is 0 Å². The molecule has 0 atom stereocenters. The fourth-order valence-electron chi connectivity index (χ4n) is 2.42. The molecule has 136 valence electrons. The lowest BCUT2D eigenvalue weighted by Crippen LogP contribution is -2.27. The number of aryl methyl sites for hydroxylation is 2. The van der Waals surface area contributed by atoms with Crippen LogP contribution < -0.4 is 5.32 Å². The smallest absolute Gasteiger partial charge is 0.277 e. The van der Waals surface area contributed by atoms with Crippen molar-refractivity contribution < 1.29 is 9.21 Å². The highest BCUT2D eigenvalue weighted by Crippen LogP contribution is 2.18. The van der Waals surface area contributed by atoms with E-state index in [2.05, 4.69) is 39.6 Å². The number of rotatable bonds is 8. The van der Waals surface area contributed by atoms with E-state index in [1.54, 1.807) is 11.3 Å². The first-order valence-electron chi connectivity index (χ1n) is 8.27. The molecular weight excluding hydrogens is 368 g/mol. The standard InChI is InChI=1S/C18H20N4O2S2/c1-12-5-3-4-6-14(12)7-8-19-16(23)11-26-18-22-21-17(24-18)9-15-10-25-13(2)20-15/h3-6,10H,7-9,11H2,1-2H3,(H,19,23). The minimum Gasteiger partial charge on any atom is -0.416 e. The molecule has 8 heteroatoms. The minimum atomic E-state index is -0.0431. The van der Waals surface area contributed by atoms with Crippen LogP contribution in [-0.2, 0) is 17.6 Å². The van der Waals surface area contributed by atoms with Crippen molar-refractivity contribution in [1.82, 2.24) is 20.5 Å². The van der Waals surface area contributed by atoms with Crippen molar-refractivity contribution in [3.8, 4) is 0 Å². The Balaban J connectivity index is 1.40. The molecule has 0 fully saturated rings. The second-order valence-electron chi connectivity index (χ2n) is 5.81. The predicted octanol–water partition coefficient (Wildman–Crippen LogP) is 3.18. The number of nitrogens with one attached hydrogen (secondary N) is 1. The Morgan fingerprint density at radius 2 is 2.12 bits per heavy atom. The van der Waals surface area contributed by atoms with E-state index < -0.39 is 0 Å². The molecule has 0 aliphatic rings. The van der Waals surface area contributed by atoms with Crippen molar-refractivity contribution in [2.45, 2.75) is 31.9 Å². The SMILES string of the molecule is Cc1nc(Cc2nnc(SCC(=O)NCCc3ccccc3C)o2)cs1. The van der Waals surface area contributed by atoms with Gasteiger partial charge in [-0.3, -0.25) is 4.79 Å². The van der Waals surface area contributed by atoms with Crippen LogP contribution in [0.2, 0.25) is 0 Å². The lowest BCUT2D eigenvalue weighted by atomic mass is 10.1. The number of hydrogen-bond acceptors (Lipinski definition) is 7. The molecule has 0 unspecified atom stereocenters. The van der Waals surface area contributed by atoms with Crippen LogP contribution in [0.25, 0.3) is 0 Å². The fourth-order valence-corrected chi connectivity index (χ4v) is 3.64. The highest BCUT2D eigenvalue weighted by Gasteiger charge is 2.11. The molecule has 0 saturated heterocycles. The number of aromatic nitrogens is 3. The van der Waals surface area contributed by atoms with Gasteiger partial charge in [0.05, 0.1) is 22.9 Å². The van der Waals surface area contributed by atoms with E-state index in [1.807, 2.05) is 24.4 Å². The summed E-state index contributed by atoms with van der Waals surface area (Å²) in [5.41, 5.74) is 3.41. The summed E-state index contributed by atoms with van der Waals surface area (Å²) in [5.74, 6) is 0.724. The molecule has 6 nitrogen and oxygen atoms in total. The van der Waals surface area contributed by atoms with Crippen molar-refractivity contribution in [3.63, 3.8) is 0 Å². The minimum absolute atomic E-state index is 0.0431. The summed E-state index contributed by atoms with van der Waals surface area (Å²) >= 11 is 2.84. The lowest BCUT2D eigenvalue weighted by molar-refractivity contribution is -0.118. The zero-order valence-electron chi connectivity index (χ0n) is 14.7. The van der Waals surface area contributed by atoms with E-state index in [9.17, 15) is 4.79 Å². The van der Waals surface area contributed by atoms with Gasteiger partial charge in [-0.1, -0.05) is 36.0 Å². The molecule has 1 N–H and O–H groups in total. The number of thiazole rings is 1. The van der Waals surface area contributed by atoms with Crippen molar-refractivity contribution in [3.05, 3.63) is 57.4 Å². The first kappa shape index (κ1) is 18.6. The predicted molar refractivity (Wildman–Crippen MR) is 103 cm³/mol. The Labute approximate surface area is 160 Å². The van der Waals surface area contributed by atoms with Crippen molar-refractivity contribution in [1.29, 1.82) is 0 Å². The van der Waals surface area contributed by atoms with Crippen LogP contribution in [0.15, 0.2) is 39.3 Å². The largest absolute Gasteiger partial charge is 0.416 e. The average Bonchev–Trinajstić information content (AvgIpc) is 3.24. The average molecular weight is 389 g/mol. The lowest BCUT2D eigenvalue weighted by Gasteiger charge is -2.06. The first-order valence-corrected chi connectivity index (χ1v) is 10.1. The number of nitrogens with zero attached hydrogens (tertiary/aromatic N) is 3. The van der Waals surface area contributed by atoms with Gasteiger partial charge in [-0.2, -0.15) is 0 Å². The summed E-state index contributed by atoms with van der Waals surface area (Å²) < 4.78 is 5.56. The first-order chi connectivity index (χ1) is 12.6. The summed E-state index contributed by atoms with van der Waals surface area (Å²) in [6, 6.07) is 8.19. The van der Waals surface area contributed by atoms with Crippen LogP contribution in [0.4, 0.5) is 0 Å². The highest BCUT2D eigenvalue weighted by molar-refractivity contribution is 7.99. The van der Waals surface area contributed by atoms with E-state index in [4.69, 9.17) is 4.42 Å². The third kappa shape index (κ3) is 5.40. The van der Waals surface area contributed by atoms with Gasteiger partial charge in [-0.05, 0) is 31.4 Å². The van der Waals surface area contributed by atoms with E-state index in [-0.39, 0.29) is 11.7 Å². The summed E-state index contributed by atoms with van der Waals surface area (Å²) in [6.07, 6.45) is 1.33. The van der Waals surface area contributed by atoms with Crippen molar-refractivity contribution in [2.24, 2.45) is 0 Å². The van der Waals surface area contributed by atoms with Crippen LogP contribution >= 0.6 is 23.1 Å². The quantitative estimate of drug-likeness (QED) is 0.597. The molecule has 0 aliphatic heterocycles. The van der Waals surface area contributed by atoms with E-state index in [0.29, 0.717) is 24.1 Å². The molecule has 0 bridgehead atoms. The molecule has 2 heterocycles. The second-order valence-corrected chi connectivity index (χ2v) is 7.80. The van der Waals surface area contributed by atoms with Gasteiger partial charge in [0.25, 0.3) is 5.22 Å². The van der Waals surface area contributed by atoms with E-state index >= 15 is 0 Å². The van der Waals surface area contributed by atoms with Gasteiger partial charge in [-0.15, -0.1) is 21.5 Å².